The highest BCUT2D eigenvalue weighted by molar-refractivity contribution is 14.1. The first kappa shape index (κ1) is 13.7. The maximum absolute atomic E-state index is 13.0. The smallest absolute Gasteiger partial charge is 0.205 e. The molecule has 0 saturated carbocycles. The summed E-state index contributed by atoms with van der Waals surface area (Å²) in [6, 6.07) is 4.40. The van der Waals surface area contributed by atoms with Gasteiger partial charge in [-0.1, -0.05) is 0 Å². The van der Waals surface area contributed by atoms with Crippen molar-refractivity contribution >= 4 is 39.9 Å². The van der Waals surface area contributed by atoms with Crippen molar-refractivity contribution in [3.63, 3.8) is 0 Å². The number of halogens is 2. The van der Waals surface area contributed by atoms with Crippen LogP contribution in [-0.4, -0.2) is 17.1 Å². The molecular formula is C11H11FIN5O. The second-order valence-electron chi connectivity index (χ2n) is 3.50. The van der Waals surface area contributed by atoms with Crippen molar-refractivity contribution in [1.29, 1.82) is 0 Å². The highest BCUT2D eigenvalue weighted by Gasteiger charge is 2.12. The second kappa shape index (κ2) is 5.97. The molecule has 0 atom stereocenters. The van der Waals surface area contributed by atoms with E-state index >= 15 is 0 Å². The lowest BCUT2D eigenvalue weighted by atomic mass is 10.3. The molecule has 0 unspecified atom stereocenters. The molecule has 0 aliphatic carbocycles. The van der Waals surface area contributed by atoms with Crippen molar-refractivity contribution in [3.05, 3.63) is 33.9 Å². The molecule has 6 nitrogen and oxygen atoms in total. The minimum atomic E-state index is -0.297. The number of hydrogen-bond acceptors (Lipinski definition) is 6. The summed E-state index contributed by atoms with van der Waals surface area (Å²) in [7, 11) is 1.49. The van der Waals surface area contributed by atoms with Crippen LogP contribution in [0, 0.1) is 9.39 Å². The van der Waals surface area contributed by atoms with Crippen LogP contribution in [0.15, 0.2) is 24.5 Å². The third kappa shape index (κ3) is 3.01. The van der Waals surface area contributed by atoms with E-state index < -0.39 is 0 Å². The van der Waals surface area contributed by atoms with Gasteiger partial charge in [0.15, 0.2) is 11.6 Å². The van der Waals surface area contributed by atoms with Crippen LogP contribution in [0.3, 0.4) is 0 Å². The van der Waals surface area contributed by atoms with Crippen LogP contribution in [0.2, 0.25) is 0 Å². The van der Waals surface area contributed by atoms with Gasteiger partial charge in [0.2, 0.25) is 5.75 Å². The van der Waals surface area contributed by atoms with Gasteiger partial charge in [-0.3, -0.25) is 0 Å². The second-order valence-corrected chi connectivity index (χ2v) is 4.66. The van der Waals surface area contributed by atoms with Crippen LogP contribution in [0.1, 0.15) is 0 Å². The molecule has 0 bridgehead atoms. The number of hydrogen-bond donors (Lipinski definition) is 3. The van der Waals surface area contributed by atoms with E-state index in [4.69, 9.17) is 10.6 Å². The van der Waals surface area contributed by atoms with E-state index in [1.807, 2.05) is 22.6 Å². The highest BCUT2D eigenvalue weighted by atomic mass is 127. The van der Waals surface area contributed by atoms with Crippen molar-refractivity contribution in [2.24, 2.45) is 5.84 Å². The molecule has 19 heavy (non-hydrogen) atoms. The van der Waals surface area contributed by atoms with Gasteiger partial charge in [-0.25, -0.2) is 20.2 Å². The van der Waals surface area contributed by atoms with E-state index in [0.29, 0.717) is 23.1 Å². The first-order chi connectivity index (χ1) is 9.15. The third-order valence-electron chi connectivity index (χ3n) is 2.33. The minimum Gasteiger partial charge on any atom is -0.490 e. The predicted molar refractivity (Wildman–Crippen MR) is 78.8 cm³/mol. The zero-order valence-electron chi connectivity index (χ0n) is 9.95. The fraction of sp³-hybridized carbons (Fsp3) is 0.0909. The summed E-state index contributed by atoms with van der Waals surface area (Å²) < 4.78 is 19.0. The van der Waals surface area contributed by atoms with Gasteiger partial charge in [0.05, 0.1) is 12.8 Å². The summed E-state index contributed by atoms with van der Waals surface area (Å²) in [4.78, 5) is 8.01. The summed E-state index contributed by atoms with van der Waals surface area (Å²) in [5, 5.41) is 3.05. The van der Waals surface area contributed by atoms with Gasteiger partial charge < -0.3 is 15.5 Å². The predicted octanol–water partition coefficient (Wildman–Crippen LogP) is 2.26. The Morgan fingerprint density at radius 1 is 1.32 bits per heavy atom. The highest BCUT2D eigenvalue weighted by Crippen LogP contribution is 2.32. The number of nitrogens with one attached hydrogen (secondary N) is 2. The fourth-order valence-corrected chi connectivity index (χ4v) is 2.09. The van der Waals surface area contributed by atoms with E-state index in [1.165, 1.54) is 25.6 Å². The molecule has 0 saturated heterocycles. The average Bonchev–Trinajstić information content (AvgIpc) is 2.41. The molecular weight excluding hydrogens is 364 g/mol. The van der Waals surface area contributed by atoms with Gasteiger partial charge in [-0.05, 0) is 40.8 Å². The van der Waals surface area contributed by atoms with E-state index in [2.05, 4.69) is 20.7 Å². The van der Waals surface area contributed by atoms with E-state index in [0.717, 1.165) is 3.57 Å². The Labute approximate surface area is 122 Å². The molecule has 2 aromatic rings. The maximum Gasteiger partial charge on any atom is 0.205 e. The first-order valence-corrected chi connectivity index (χ1v) is 6.31. The maximum atomic E-state index is 13.0. The summed E-state index contributed by atoms with van der Waals surface area (Å²) in [6.07, 6.45) is 1.34. The third-order valence-corrected chi connectivity index (χ3v) is 3.22. The first-order valence-electron chi connectivity index (χ1n) is 5.23. The number of hydrazine groups is 1. The van der Waals surface area contributed by atoms with Crippen LogP contribution in [0.5, 0.6) is 5.75 Å². The number of methoxy groups -OCH3 is 1. The quantitative estimate of drug-likeness (QED) is 0.432. The normalized spacial score (nSPS) is 10.1. The van der Waals surface area contributed by atoms with Gasteiger partial charge in [0.1, 0.15) is 12.1 Å². The number of benzene rings is 1. The van der Waals surface area contributed by atoms with E-state index in [-0.39, 0.29) is 5.82 Å². The van der Waals surface area contributed by atoms with Crippen molar-refractivity contribution in [2.75, 3.05) is 17.9 Å². The molecule has 4 N–H and O–H groups in total. The fourth-order valence-electron chi connectivity index (χ4n) is 1.48. The van der Waals surface area contributed by atoms with Crippen molar-refractivity contribution in [2.45, 2.75) is 0 Å². The Balaban J connectivity index is 2.37. The summed E-state index contributed by atoms with van der Waals surface area (Å²) >= 11 is 2.03. The zero-order valence-corrected chi connectivity index (χ0v) is 12.1. The van der Waals surface area contributed by atoms with Gasteiger partial charge in [-0.15, -0.1) is 0 Å². The van der Waals surface area contributed by atoms with E-state index in [9.17, 15) is 4.39 Å². The average molecular weight is 375 g/mol. The molecule has 0 fully saturated rings. The Hall–Kier alpha value is -1.68. The van der Waals surface area contributed by atoms with Gasteiger partial charge >= 0.3 is 0 Å². The minimum absolute atomic E-state index is 0.297. The number of nitrogen functional groups attached to an aromatic ring is 1. The van der Waals surface area contributed by atoms with Crippen molar-refractivity contribution < 1.29 is 9.13 Å². The van der Waals surface area contributed by atoms with Crippen LogP contribution < -0.4 is 21.3 Å². The topological polar surface area (TPSA) is 85.1 Å². The van der Waals surface area contributed by atoms with E-state index in [1.54, 1.807) is 6.07 Å². The Morgan fingerprint density at radius 2 is 2.05 bits per heavy atom. The molecule has 1 heterocycles. The molecule has 1 aromatic heterocycles. The number of nitrogens with two attached hydrogens (primary N) is 1. The van der Waals surface area contributed by atoms with Crippen LogP contribution in [-0.2, 0) is 0 Å². The zero-order chi connectivity index (χ0) is 13.8. The molecule has 2 rings (SSSR count). The summed E-state index contributed by atoms with van der Waals surface area (Å²) in [5.41, 5.74) is 3.13. The van der Waals surface area contributed by atoms with Crippen LogP contribution in [0.4, 0.5) is 21.7 Å². The summed E-state index contributed by atoms with van der Waals surface area (Å²) in [5.74, 6) is 6.22. The number of aromatic nitrogens is 2. The number of rotatable bonds is 4. The molecule has 0 radical (unpaired) electrons. The number of ether oxygens (including phenoxy) is 1. The standard InChI is InChI=1S/C11H11FIN5O/c1-19-9-10(15-5-16-11(9)18-14)17-8-3-2-6(12)4-7(8)13/h2-5H,14H2,1H3,(H2,15,16,17,18). The molecule has 100 valence electrons. The molecule has 0 spiro atoms. The van der Waals surface area contributed by atoms with Crippen molar-refractivity contribution in [1.82, 2.24) is 9.97 Å². The Morgan fingerprint density at radius 3 is 2.68 bits per heavy atom. The SMILES string of the molecule is COc1c(NN)ncnc1Nc1ccc(F)cc1I. The van der Waals surface area contributed by atoms with Crippen LogP contribution >= 0.6 is 22.6 Å². The molecule has 0 aliphatic heterocycles. The van der Waals surface area contributed by atoms with Crippen molar-refractivity contribution in [3.8, 4) is 5.75 Å². The molecule has 0 aliphatic rings. The van der Waals surface area contributed by atoms with Crippen LogP contribution in [0.25, 0.3) is 0 Å². The Kier molecular flexibility index (Phi) is 4.32. The largest absolute Gasteiger partial charge is 0.490 e. The summed E-state index contributed by atoms with van der Waals surface area (Å²) in [6.45, 7) is 0. The lowest BCUT2D eigenvalue weighted by molar-refractivity contribution is 0.415. The number of nitrogens with zero attached hydrogens (tertiary/aromatic N) is 2. The van der Waals surface area contributed by atoms with Gasteiger partial charge in [-0.2, -0.15) is 0 Å². The molecule has 8 heteroatoms. The lowest BCUT2D eigenvalue weighted by Crippen LogP contribution is -2.11. The molecule has 1 aromatic carbocycles. The van der Waals surface area contributed by atoms with Gasteiger partial charge in [0, 0.05) is 3.57 Å². The monoisotopic (exact) mass is 375 g/mol. The Bertz CT molecular complexity index is 595. The van der Waals surface area contributed by atoms with Gasteiger partial charge in [0.25, 0.3) is 0 Å². The number of anilines is 3. The molecule has 0 amide bonds. The lowest BCUT2D eigenvalue weighted by Gasteiger charge is -2.13.